The monoisotopic (exact) mass is 355 g/mol. The minimum Gasteiger partial charge on any atom is -0.475 e. The molecule has 0 saturated carbocycles. The smallest absolute Gasteiger partial charge is 0.371 e. The van der Waals surface area contributed by atoms with Crippen LogP contribution in [0.2, 0.25) is 0 Å². The molecule has 1 heterocycles. The van der Waals surface area contributed by atoms with Crippen LogP contribution < -0.4 is 4.72 Å². The molecule has 0 atom stereocenters. The van der Waals surface area contributed by atoms with Crippen LogP contribution in [0, 0.1) is 0 Å². The van der Waals surface area contributed by atoms with E-state index in [9.17, 15) is 13.2 Å². The number of carbonyl (C=O) groups is 1. The minimum absolute atomic E-state index is 0.0336. The molecule has 9 heteroatoms. The van der Waals surface area contributed by atoms with E-state index in [4.69, 9.17) is 14.3 Å². The van der Waals surface area contributed by atoms with Gasteiger partial charge < -0.3 is 14.3 Å². The van der Waals surface area contributed by atoms with E-state index < -0.39 is 27.4 Å². The van der Waals surface area contributed by atoms with Crippen molar-refractivity contribution in [3.8, 4) is 0 Å². The van der Waals surface area contributed by atoms with Crippen LogP contribution in [-0.4, -0.2) is 38.7 Å². The summed E-state index contributed by atoms with van der Waals surface area (Å²) >= 11 is 2.88. The van der Waals surface area contributed by atoms with Gasteiger partial charge in [-0.05, 0) is 29.8 Å². The van der Waals surface area contributed by atoms with Crippen molar-refractivity contribution in [2.75, 3.05) is 13.7 Å². The fraction of sp³-hybridized carbons (Fsp3) is 0.500. The maximum absolute atomic E-state index is 12.0. The van der Waals surface area contributed by atoms with Gasteiger partial charge in [0.2, 0.25) is 15.8 Å². The van der Waals surface area contributed by atoms with Gasteiger partial charge in [0.05, 0.1) is 5.60 Å². The van der Waals surface area contributed by atoms with Gasteiger partial charge in [-0.3, -0.25) is 0 Å². The van der Waals surface area contributed by atoms with Gasteiger partial charge in [-0.1, -0.05) is 0 Å². The molecular weight excluding hydrogens is 342 g/mol. The van der Waals surface area contributed by atoms with Crippen LogP contribution >= 0.6 is 15.9 Å². The number of carboxylic acid groups (broad SMARTS) is 1. The zero-order valence-electron chi connectivity index (χ0n) is 10.6. The summed E-state index contributed by atoms with van der Waals surface area (Å²) in [6, 6.07) is 0.939. The SMILES string of the molecule is COC(C)(C)CNS(=O)(=O)c1cc(C(=O)O)oc1Br. The molecule has 2 N–H and O–H groups in total. The Balaban J connectivity index is 2.98. The Kier molecular flexibility index (Phi) is 4.77. The van der Waals surface area contributed by atoms with E-state index in [1.54, 1.807) is 13.8 Å². The molecule has 19 heavy (non-hydrogen) atoms. The van der Waals surface area contributed by atoms with Gasteiger partial charge in [-0.25, -0.2) is 17.9 Å². The zero-order valence-corrected chi connectivity index (χ0v) is 13.0. The summed E-state index contributed by atoms with van der Waals surface area (Å²) < 4.78 is 36.0. The van der Waals surface area contributed by atoms with Crippen LogP contribution in [0.15, 0.2) is 20.0 Å². The predicted molar refractivity (Wildman–Crippen MR) is 69.6 cm³/mol. The Morgan fingerprint density at radius 1 is 1.58 bits per heavy atom. The number of sulfonamides is 1. The second-order valence-electron chi connectivity index (χ2n) is 4.34. The lowest BCUT2D eigenvalue weighted by Gasteiger charge is -2.22. The van der Waals surface area contributed by atoms with Gasteiger partial charge in [0.25, 0.3) is 0 Å². The Hall–Kier alpha value is -0.900. The Morgan fingerprint density at radius 2 is 2.16 bits per heavy atom. The number of hydrogen-bond donors (Lipinski definition) is 2. The van der Waals surface area contributed by atoms with Crippen molar-refractivity contribution in [1.82, 2.24) is 4.72 Å². The van der Waals surface area contributed by atoms with Gasteiger partial charge >= 0.3 is 5.97 Å². The van der Waals surface area contributed by atoms with Gasteiger partial charge in [0, 0.05) is 19.7 Å². The number of nitrogens with one attached hydrogen (secondary N) is 1. The molecule has 0 radical (unpaired) electrons. The molecule has 0 spiro atoms. The van der Waals surface area contributed by atoms with Crippen LogP contribution in [0.25, 0.3) is 0 Å². The number of rotatable bonds is 6. The lowest BCUT2D eigenvalue weighted by Crippen LogP contribution is -2.39. The van der Waals surface area contributed by atoms with Crippen LogP contribution in [0.1, 0.15) is 24.4 Å². The lowest BCUT2D eigenvalue weighted by molar-refractivity contribution is 0.0276. The number of aromatic carboxylic acids is 1. The van der Waals surface area contributed by atoms with Crippen molar-refractivity contribution < 1.29 is 27.5 Å². The highest BCUT2D eigenvalue weighted by Crippen LogP contribution is 2.26. The van der Waals surface area contributed by atoms with Crippen molar-refractivity contribution in [3.63, 3.8) is 0 Å². The number of methoxy groups -OCH3 is 1. The number of halogens is 1. The molecule has 1 aromatic rings. The molecule has 0 saturated heterocycles. The molecule has 7 nitrogen and oxygen atoms in total. The van der Waals surface area contributed by atoms with Crippen LogP contribution in [-0.2, 0) is 14.8 Å². The van der Waals surface area contributed by atoms with E-state index in [2.05, 4.69) is 20.7 Å². The Morgan fingerprint density at radius 3 is 2.58 bits per heavy atom. The van der Waals surface area contributed by atoms with Crippen molar-refractivity contribution in [3.05, 3.63) is 16.5 Å². The summed E-state index contributed by atoms with van der Waals surface area (Å²) in [5.41, 5.74) is -0.682. The normalized spacial score (nSPS) is 12.6. The average Bonchev–Trinajstić information content (AvgIpc) is 2.70. The van der Waals surface area contributed by atoms with E-state index in [1.165, 1.54) is 7.11 Å². The highest BCUT2D eigenvalue weighted by molar-refractivity contribution is 9.10. The van der Waals surface area contributed by atoms with Crippen molar-refractivity contribution in [2.24, 2.45) is 0 Å². The van der Waals surface area contributed by atoms with E-state index in [0.717, 1.165) is 6.07 Å². The first-order chi connectivity index (χ1) is 8.59. The van der Waals surface area contributed by atoms with Crippen LogP contribution in [0.4, 0.5) is 0 Å². The summed E-state index contributed by atoms with van der Waals surface area (Å²) in [4.78, 5) is 10.4. The van der Waals surface area contributed by atoms with Crippen LogP contribution in [0.3, 0.4) is 0 Å². The first-order valence-electron chi connectivity index (χ1n) is 5.16. The molecule has 1 rings (SSSR count). The molecule has 0 aliphatic heterocycles. The largest absolute Gasteiger partial charge is 0.475 e. The third-order valence-corrected chi connectivity index (χ3v) is 4.65. The molecular formula is C10H14BrNO6S. The van der Waals surface area contributed by atoms with E-state index in [0.29, 0.717) is 0 Å². The number of hydrogen-bond acceptors (Lipinski definition) is 5. The predicted octanol–water partition coefficient (Wildman–Crippen LogP) is 1.44. The molecule has 0 amide bonds. The fourth-order valence-electron chi connectivity index (χ4n) is 1.06. The summed E-state index contributed by atoms with van der Waals surface area (Å²) in [6.07, 6.45) is 0. The quantitative estimate of drug-likeness (QED) is 0.799. The average molecular weight is 356 g/mol. The summed E-state index contributed by atoms with van der Waals surface area (Å²) in [7, 11) is -2.42. The Labute approximate surface area is 119 Å². The molecule has 0 fully saturated rings. The molecule has 108 valence electrons. The van der Waals surface area contributed by atoms with E-state index >= 15 is 0 Å². The number of ether oxygens (including phenoxy) is 1. The first kappa shape index (κ1) is 16.2. The van der Waals surface area contributed by atoms with Gasteiger partial charge in [-0.2, -0.15) is 0 Å². The minimum atomic E-state index is -3.88. The van der Waals surface area contributed by atoms with Crippen molar-refractivity contribution in [1.29, 1.82) is 0 Å². The number of furan rings is 1. The maximum atomic E-state index is 12.0. The topological polar surface area (TPSA) is 106 Å². The van der Waals surface area contributed by atoms with E-state index in [1.807, 2.05) is 0 Å². The standard InChI is InChI=1S/C10H14BrNO6S/c1-10(2,17-3)5-12-19(15,16)7-4-6(9(13)14)18-8(7)11/h4,12H,5H2,1-3H3,(H,13,14). The van der Waals surface area contributed by atoms with Gasteiger partial charge in [0.1, 0.15) is 4.90 Å². The fourth-order valence-corrected chi connectivity index (χ4v) is 3.20. The molecule has 0 aliphatic rings. The van der Waals surface area contributed by atoms with E-state index in [-0.39, 0.29) is 16.1 Å². The second kappa shape index (κ2) is 5.61. The molecule has 1 aromatic heterocycles. The third-order valence-electron chi connectivity index (χ3n) is 2.40. The zero-order chi connectivity index (χ0) is 14.8. The highest BCUT2D eigenvalue weighted by Gasteiger charge is 2.27. The van der Waals surface area contributed by atoms with Gasteiger partial charge in [-0.15, -0.1) is 0 Å². The van der Waals surface area contributed by atoms with Gasteiger partial charge in [0.15, 0.2) is 4.67 Å². The number of carboxylic acids is 1. The summed E-state index contributed by atoms with van der Waals surface area (Å²) in [6.45, 7) is 3.46. The second-order valence-corrected chi connectivity index (χ2v) is 6.80. The third kappa shape index (κ3) is 4.03. The molecule has 0 bridgehead atoms. The lowest BCUT2D eigenvalue weighted by atomic mass is 10.1. The van der Waals surface area contributed by atoms with Crippen LogP contribution in [0.5, 0.6) is 0 Å². The van der Waals surface area contributed by atoms with Crippen molar-refractivity contribution >= 4 is 31.9 Å². The summed E-state index contributed by atoms with van der Waals surface area (Å²) in [5.74, 6) is -1.81. The Bertz CT molecular complexity index is 577. The van der Waals surface area contributed by atoms with Crippen molar-refractivity contribution in [2.45, 2.75) is 24.3 Å². The molecule has 0 aliphatic carbocycles. The molecule has 0 unspecified atom stereocenters. The highest BCUT2D eigenvalue weighted by atomic mass is 79.9. The summed E-state index contributed by atoms with van der Waals surface area (Å²) in [5, 5.41) is 8.74. The maximum Gasteiger partial charge on any atom is 0.371 e. The molecule has 0 aromatic carbocycles. The first-order valence-corrected chi connectivity index (χ1v) is 7.44.